The zero-order valence-electron chi connectivity index (χ0n) is 10.6. The van der Waals surface area contributed by atoms with E-state index in [4.69, 9.17) is 5.73 Å². The fourth-order valence-electron chi connectivity index (χ4n) is 1.92. The standard InChI is InChI=1S/C13H29N/c1-5-6-7-12(4)8-9-13(14)10-11(2)3/h11-13H,5-10,14H2,1-4H3. The third-order valence-corrected chi connectivity index (χ3v) is 2.85. The van der Waals surface area contributed by atoms with E-state index in [-0.39, 0.29) is 0 Å². The summed E-state index contributed by atoms with van der Waals surface area (Å²) >= 11 is 0. The van der Waals surface area contributed by atoms with Gasteiger partial charge in [-0.3, -0.25) is 0 Å². The van der Waals surface area contributed by atoms with Crippen molar-refractivity contribution >= 4 is 0 Å². The highest BCUT2D eigenvalue weighted by Crippen LogP contribution is 2.16. The summed E-state index contributed by atoms with van der Waals surface area (Å²) in [6, 6.07) is 0.430. The largest absolute Gasteiger partial charge is 0.328 e. The van der Waals surface area contributed by atoms with Crippen molar-refractivity contribution in [2.45, 2.75) is 72.3 Å². The predicted molar refractivity (Wildman–Crippen MR) is 65.4 cm³/mol. The van der Waals surface area contributed by atoms with Crippen LogP contribution in [-0.2, 0) is 0 Å². The average Bonchev–Trinajstić information content (AvgIpc) is 2.10. The maximum Gasteiger partial charge on any atom is 0.00413 e. The van der Waals surface area contributed by atoms with Crippen LogP contribution in [0.15, 0.2) is 0 Å². The minimum atomic E-state index is 0.430. The SMILES string of the molecule is CCCCC(C)CCC(N)CC(C)C. The van der Waals surface area contributed by atoms with E-state index in [9.17, 15) is 0 Å². The molecule has 0 aromatic rings. The lowest BCUT2D eigenvalue weighted by Crippen LogP contribution is -2.22. The second-order valence-corrected chi connectivity index (χ2v) is 5.21. The van der Waals surface area contributed by atoms with E-state index in [0.717, 1.165) is 11.8 Å². The number of nitrogens with two attached hydrogens (primary N) is 1. The molecule has 2 unspecified atom stereocenters. The Hall–Kier alpha value is -0.0400. The molecule has 0 rings (SSSR count). The van der Waals surface area contributed by atoms with Gasteiger partial charge in [0.25, 0.3) is 0 Å². The Morgan fingerprint density at radius 1 is 1.00 bits per heavy atom. The summed E-state index contributed by atoms with van der Waals surface area (Å²) in [7, 11) is 0. The van der Waals surface area contributed by atoms with Crippen LogP contribution in [0.25, 0.3) is 0 Å². The smallest absolute Gasteiger partial charge is 0.00413 e. The van der Waals surface area contributed by atoms with Crippen molar-refractivity contribution in [3.05, 3.63) is 0 Å². The molecule has 0 spiro atoms. The fraction of sp³-hybridized carbons (Fsp3) is 1.00. The molecular formula is C13H29N. The quantitative estimate of drug-likeness (QED) is 0.629. The Bertz CT molecular complexity index is 120. The van der Waals surface area contributed by atoms with Crippen molar-refractivity contribution in [1.29, 1.82) is 0 Å². The first kappa shape index (κ1) is 14.0. The normalized spacial score (nSPS) is 15.9. The van der Waals surface area contributed by atoms with Gasteiger partial charge < -0.3 is 5.73 Å². The first-order valence-electron chi connectivity index (χ1n) is 6.31. The van der Waals surface area contributed by atoms with Crippen LogP contribution in [0.3, 0.4) is 0 Å². The number of hydrogen-bond acceptors (Lipinski definition) is 1. The number of rotatable bonds is 8. The van der Waals surface area contributed by atoms with E-state index >= 15 is 0 Å². The van der Waals surface area contributed by atoms with Gasteiger partial charge in [0.15, 0.2) is 0 Å². The molecule has 0 heterocycles. The van der Waals surface area contributed by atoms with E-state index < -0.39 is 0 Å². The molecule has 2 N–H and O–H groups in total. The minimum absolute atomic E-state index is 0.430. The van der Waals surface area contributed by atoms with Gasteiger partial charge in [0.2, 0.25) is 0 Å². The molecule has 86 valence electrons. The molecule has 0 aliphatic heterocycles. The maximum absolute atomic E-state index is 6.05. The first-order chi connectivity index (χ1) is 6.56. The molecule has 0 fully saturated rings. The van der Waals surface area contributed by atoms with Crippen molar-refractivity contribution < 1.29 is 0 Å². The molecule has 0 radical (unpaired) electrons. The van der Waals surface area contributed by atoms with Crippen LogP contribution in [0.4, 0.5) is 0 Å². The Balaban J connectivity index is 3.40. The third kappa shape index (κ3) is 8.55. The van der Waals surface area contributed by atoms with Gasteiger partial charge in [0.1, 0.15) is 0 Å². The molecule has 14 heavy (non-hydrogen) atoms. The molecule has 0 amide bonds. The van der Waals surface area contributed by atoms with E-state index in [1.807, 2.05) is 0 Å². The predicted octanol–water partition coefficient (Wildman–Crippen LogP) is 3.97. The van der Waals surface area contributed by atoms with Crippen LogP contribution in [0.5, 0.6) is 0 Å². The topological polar surface area (TPSA) is 26.0 Å². The van der Waals surface area contributed by atoms with Gasteiger partial charge in [0.05, 0.1) is 0 Å². The van der Waals surface area contributed by atoms with Crippen LogP contribution in [0.2, 0.25) is 0 Å². The van der Waals surface area contributed by atoms with Gasteiger partial charge in [0, 0.05) is 6.04 Å². The zero-order valence-corrected chi connectivity index (χ0v) is 10.6. The number of hydrogen-bond donors (Lipinski definition) is 1. The Morgan fingerprint density at radius 3 is 2.14 bits per heavy atom. The van der Waals surface area contributed by atoms with Gasteiger partial charge in [-0.2, -0.15) is 0 Å². The van der Waals surface area contributed by atoms with Crippen LogP contribution >= 0.6 is 0 Å². The molecule has 2 atom stereocenters. The fourth-order valence-corrected chi connectivity index (χ4v) is 1.92. The number of unbranched alkanes of at least 4 members (excludes halogenated alkanes) is 1. The monoisotopic (exact) mass is 199 g/mol. The van der Waals surface area contributed by atoms with Gasteiger partial charge in [-0.15, -0.1) is 0 Å². The van der Waals surface area contributed by atoms with Crippen molar-refractivity contribution in [3.8, 4) is 0 Å². The molecule has 0 saturated heterocycles. The van der Waals surface area contributed by atoms with Crippen molar-refractivity contribution in [2.75, 3.05) is 0 Å². The molecule has 1 heteroatoms. The summed E-state index contributed by atoms with van der Waals surface area (Å²) in [6.07, 6.45) is 7.78. The third-order valence-electron chi connectivity index (χ3n) is 2.85. The van der Waals surface area contributed by atoms with Gasteiger partial charge in [-0.1, -0.05) is 47.0 Å². The van der Waals surface area contributed by atoms with E-state index in [0.29, 0.717) is 6.04 Å². The Morgan fingerprint density at radius 2 is 1.64 bits per heavy atom. The van der Waals surface area contributed by atoms with Crippen LogP contribution in [0.1, 0.15) is 66.2 Å². The van der Waals surface area contributed by atoms with Crippen molar-refractivity contribution in [3.63, 3.8) is 0 Å². The summed E-state index contributed by atoms with van der Waals surface area (Å²) in [5.41, 5.74) is 6.05. The van der Waals surface area contributed by atoms with Crippen LogP contribution < -0.4 is 5.73 Å². The lowest BCUT2D eigenvalue weighted by Gasteiger charge is -2.16. The van der Waals surface area contributed by atoms with Crippen LogP contribution in [0, 0.1) is 11.8 Å². The zero-order chi connectivity index (χ0) is 11.0. The maximum atomic E-state index is 6.05. The summed E-state index contributed by atoms with van der Waals surface area (Å²) < 4.78 is 0. The summed E-state index contributed by atoms with van der Waals surface area (Å²) in [4.78, 5) is 0. The molecule has 0 aliphatic rings. The average molecular weight is 199 g/mol. The molecular weight excluding hydrogens is 170 g/mol. The second-order valence-electron chi connectivity index (χ2n) is 5.21. The summed E-state index contributed by atoms with van der Waals surface area (Å²) in [5, 5.41) is 0. The highest BCUT2D eigenvalue weighted by molar-refractivity contribution is 4.65. The Kier molecular flexibility index (Phi) is 8.26. The molecule has 0 aromatic carbocycles. The lowest BCUT2D eigenvalue weighted by molar-refractivity contribution is 0.399. The minimum Gasteiger partial charge on any atom is -0.328 e. The molecule has 0 aromatic heterocycles. The molecule has 0 saturated carbocycles. The summed E-state index contributed by atoms with van der Waals surface area (Å²) in [5.74, 6) is 1.61. The second kappa shape index (κ2) is 8.28. The van der Waals surface area contributed by atoms with E-state index in [1.165, 1.54) is 38.5 Å². The summed E-state index contributed by atoms with van der Waals surface area (Å²) in [6.45, 7) is 9.12. The lowest BCUT2D eigenvalue weighted by atomic mass is 9.93. The highest BCUT2D eigenvalue weighted by Gasteiger charge is 2.08. The van der Waals surface area contributed by atoms with E-state index in [1.54, 1.807) is 0 Å². The first-order valence-corrected chi connectivity index (χ1v) is 6.31. The highest BCUT2D eigenvalue weighted by atomic mass is 14.6. The van der Waals surface area contributed by atoms with Crippen molar-refractivity contribution in [1.82, 2.24) is 0 Å². The van der Waals surface area contributed by atoms with E-state index in [2.05, 4.69) is 27.7 Å². The van der Waals surface area contributed by atoms with Gasteiger partial charge in [-0.25, -0.2) is 0 Å². The Labute approximate surface area is 90.5 Å². The van der Waals surface area contributed by atoms with Crippen molar-refractivity contribution in [2.24, 2.45) is 17.6 Å². The molecule has 0 bridgehead atoms. The van der Waals surface area contributed by atoms with Crippen LogP contribution in [-0.4, -0.2) is 6.04 Å². The van der Waals surface area contributed by atoms with Gasteiger partial charge in [-0.05, 0) is 31.1 Å². The molecule has 0 aliphatic carbocycles. The molecule has 1 nitrogen and oxygen atoms in total. The van der Waals surface area contributed by atoms with Gasteiger partial charge >= 0.3 is 0 Å².